The van der Waals surface area contributed by atoms with Crippen LogP contribution in [0.5, 0.6) is 0 Å². The van der Waals surface area contributed by atoms with Crippen molar-refractivity contribution in [2.75, 3.05) is 13.1 Å². The van der Waals surface area contributed by atoms with Crippen LogP contribution in [0, 0.1) is 0 Å². The molecule has 0 radical (unpaired) electrons. The third-order valence-corrected chi connectivity index (χ3v) is 3.49. The molecule has 1 aliphatic heterocycles. The van der Waals surface area contributed by atoms with E-state index in [4.69, 9.17) is 0 Å². The molecule has 10 heteroatoms. The van der Waals surface area contributed by atoms with Gasteiger partial charge in [-0.15, -0.1) is 0 Å². The molecule has 2 aromatic rings. The van der Waals surface area contributed by atoms with Gasteiger partial charge in [0.1, 0.15) is 12.2 Å². The van der Waals surface area contributed by atoms with Crippen molar-refractivity contribution in [3.05, 3.63) is 23.9 Å². The number of piperidine rings is 1. The number of nitrogens with zero attached hydrogens (tertiary/aromatic N) is 5. The van der Waals surface area contributed by atoms with Crippen LogP contribution in [0.3, 0.4) is 0 Å². The number of hydrogen-bond acceptors (Lipinski definition) is 6. The first-order chi connectivity index (χ1) is 10.0. The van der Waals surface area contributed by atoms with Crippen molar-refractivity contribution >= 4 is 0 Å². The van der Waals surface area contributed by atoms with Gasteiger partial charge in [0, 0.05) is 5.92 Å². The third-order valence-electron chi connectivity index (χ3n) is 3.49. The summed E-state index contributed by atoms with van der Waals surface area (Å²) in [7, 11) is 0. The zero-order valence-electron chi connectivity index (χ0n) is 11.0. The number of alkyl halides is 3. The second kappa shape index (κ2) is 5.43. The molecule has 0 atom stereocenters. The lowest BCUT2D eigenvalue weighted by Gasteiger charge is -2.29. The fourth-order valence-corrected chi connectivity index (χ4v) is 2.40. The zero-order valence-corrected chi connectivity index (χ0v) is 11.0. The van der Waals surface area contributed by atoms with E-state index < -0.39 is 12.0 Å². The van der Waals surface area contributed by atoms with Gasteiger partial charge in [-0.05, 0) is 25.9 Å². The highest BCUT2D eigenvalue weighted by atomic mass is 19.4. The van der Waals surface area contributed by atoms with Gasteiger partial charge in [0.2, 0.25) is 5.89 Å². The molecule has 0 amide bonds. The molecular formula is C11H13F3N6O. The van der Waals surface area contributed by atoms with Gasteiger partial charge in [0.05, 0.1) is 6.54 Å². The molecule has 0 saturated carbocycles. The first-order valence-electron chi connectivity index (χ1n) is 6.50. The molecule has 0 bridgehead atoms. The Bertz CT molecular complexity index is 573. The van der Waals surface area contributed by atoms with Crippen LogP contribution in [0.1, 0.15) is 36.3 Å². The van der Waals surface area contributed by atoms with E-state index in [-0.39, 0.29) is 12.4 Å². The second-order valence-corrected chi connectivity index (χ2v) is 4.93. The summed E-state index contributed by atoms with van der Waals surface area (Å²) in [5, 5.41) is 9.61. The normalized spacial score (nSPS) is 18.2. The van der Waals surface area contributed by atoms with Crippen LogP contribution in [-0.2, 0) is 12.7 Å². The first-order valence-corrected chi connectivity index (χ1v) is 6.50. The van der Waals surface area contributed by atoms with E-state index in [1.54, 1.807) is 0 Å². The molecule has 0 spiro atoms. The molecule has 2 aromatic heterocycles. The fraction of sp³-hybridized carbons (Fsp3) is 0.636. The Labute approximate surface area is 117 Å². The van der Waals surface area contributed by atoms with Gasteiger partial charge >= 0.3 is 6.18 Å². The van der Waals surface area contributed by atoms with Gasteiger partial charge in [-0.2, -0.15) is 23.3 Å². The van der Waals surface area contributed by atoms with Crippen molar-refractivity contribution in [2.45, 2.75) is 31.5 Å². The molecule has 0 aromatic carbocycles. The third kappa shape index (κ3) is 3.20. The quantitative estimate of drug-likeness (QED) is 0.927. The molecule has 0 unspecified atom stereocenters. The minimum absolute atomic E-state index is 0.0135. The Balaban J connectivity index is 1.55. The first kappa shape index (κ1) is 14.0. The largest absolute Gasteiger partial charge is 0.455 e. The topological polar surface area (TPSA) is 83.7 Å². The van der Waals surface area contributed by atoms with Crippen LogP contribution in [0.15, 0.2) is 10.9 Å². The smallest absolute Gasteiger partial charge is 0.338 e. The molecule has 21 heavy (non-hydrogen) atoms. The van der Waals surface area contributed by atoms with Gasteiger partial charge in [0.15, 0.2) is 0 Å². The molecule has 1 N–H and O–H groups in total. The van der Waals surface area contributed by atoms with Gasteiger partial charge < -0.3 is 4.52 Å². The van der Waals surface area contributed by atoms with Crippen LogP contribution >= 0.6 is 0 Å². The highest BCUT2D eigenvalue weighted by Gasteiger charge is 2.37. The summed E-state index contributed by atoms with van der Waals surface area (Å²) in [6, 6.07) is 0. The van der Waals surface area contributed by atoms with Crippen molar-refractivity contribution in [1.82, 2.24) is 30.2 Å². The minimum atomic E-state index is -4.57. The van der Waals surface area contributed by atoms with E-state index >= 15 is 0 Å². The van der Waals surface area contributed by atoms with E-state index in [1.807, 2.05) is 4.90 Å². The summed E-state index contributed by atoms with van der Waals surface area (Å²) in [5.41, 5.74) is 0. The maximum atomic E-state index is 12.4. The molecule has 1 aliphatic rings. The number of H-pyrrole nitrogens is 1. The van der Waals surface area contributed by atoms with E-state index in [1.165, 1.54) is 6.33 Å². The molecule has 3 rings (SSSR count). The van der Waals surface area contributed by atoms with Gasteiger partial charge in [-0.25, -0.2) is 4.98 Å². The zero-order chi connectivity index (χ0) is 14.9. The lowest BCUT2D eigenvalue weighted by Crippen LogP contribution is -2.32. The summed E-state index contributed by atoms with van der Waals surface area (Å²) in [6.45, 7) is 1.69. The summed E-state index contributed by atoms with van der Waals surface area (Å²) in [6.07, 6.45) is -1.38. The van der Waals surface area contributed by atoms with E-state index in [2.05, 4.69) is 29.8 Å². The molecule has 3 heterocycles. The molecular weight excluding hydrogens is 289 g/mol. The van der Waals surface area contributed by atoms with E-state index in [0.717, 1.165) is 31.8 Å². The Hall–Kier alpha value is -1.97. The Kier molecular flexibility index (Phi) is 3.62. The number of likely N-dealkylation sites (tertiary alicyclic amines) is 1. The highest BCUT2D eigenvalue weighted by molar-refractivity contribution is 4.97. The number of aromatic nitrogens is 5. The van der Waals surface area contributed by atoms with Gasteiger partial charge in [0.25, 0.3) is 5.82 Å². The Morgan fingerprint density at radius 2 is 2.10 bits per heavy atom. The average Bonchev–Trinajstić information content (AvgIpc) is 3.09. The Morgan fingerprint density at radius 1 is 1.33 bits per heavy atom. The highest BCUT2D eigenvalue weighted by Crippen LogP contribution is 2.28. The van der Waals surface area contributed by atoms with Gasteiger partial charge in [-0.1, -0.05) is 5.16 Å². The maximum absolute atomic E-state index is 12.4. The van der Waals surface area contributed by atoms with Crippen LogP contribution in [0.2, 0.25) is 0 Å². The summed E-state index contributed by atoms with van der Waals surface area (Å²) in [4.78, 5) is 9.49. The van der Waals surface area contributed by atoms with Crippen molar-refractivity contribution in [2.24, 2.45) is 0 Å². The minimum Gasteiger partial charge on any atom is -0.338 e. The SMILES string of the molecule is FC(F)(F)c1noc(CN2CCC(c3ncn[nH]3)CC2)n1. The number of aromatic amines is 1. The molecule has 7 nitrogen and oxygen atoms in total. The van der Waals surface area contributed by atoms with Crippen LogP contribution in [0.4, 0.5) is 13.2 Å². The van der Waals surface area contributed by atoms with Crippen molar-refractivity contribution in [3.63, 3.8) is 0 Å². The predicted molar refractivity (Wildman–Crippen MR) is 62.9 cm³/mol. The van der Waals surface area contributed by atoms with Crippen molar-refractivity contribution < 1.29 is 17.7 Å². The summed E-state index contributed by atoms with van der Waals surface area (Å²) < 4.78 is 41.8. The molecule has 1 fully saturated rings. The lowest BCUT2D eigenvalue weighted by molar-refractivity contribution is -0.146. The van der Waals surface area contributed by atoms with Gasteiger partial charge in [-0.3, -0.25) is 10.00 Å². The van der Waals surface area contributed by atoms with Crippen molar-refractivity contribution in [3.8, 4) is 0 Å². The van der Waals surface area contributed by atoms with Crippen LogP contribution in [-0.4, -0.2) is 43.3 Å². The summed E-state index contributed by atoms with van der Waals surface area (Å²) >= 11 is 0. The standard InChI is InChI=1S/C11H13F3N6O/c12-11(13,14)10-17-8(21-19-10)5-20-3-1-7(2-4-20)9-15-6-16-18-9/h6-7H,1-5H2,(H,15,16,18). The molecule has 0 aliphatic carbocycles. The fourth-order valence-electron chi connectivity index (χ4n) is 2.40. The number of rotatable bonds is 3. The maximum Gasteiger partial charge on any atom is 0.455 e. The monoisotopic (exact) mass is 302 g/mol. The molecule has 114 valence electrons. The lowest BCUT2D eigenvalue weighted by atomic mass is 9.96. The van der Waals surface area contributed by atoms with Crippen LogP contribution < -0.4 is 0 Å². The van der Waals surface area contributed by atoms with E-state index in [9.17, 15) is 13.2 Å². The number of nitrogens with one attached hydrogen (secondary N) is 1. The van der Waals surface area contributed by atoms with Crippen LogP contribution in [0.25, 0.3) is 0 Å². The van der Waals surface area contributed by atoms with Crippen molar-refractivity contribution in [1.29, 1.82) is 0 Å². The Morgan fingerprint density at radius 3 is 2.67 bits per heavy atom. The summed E-state index contributed by atoms with van der Waals surface area (Å²) in [5.74, 6) is -0.0848. The predicted octanol–water partition coefficient (Wildman–Crippen LogP) is 1.59. The average molecular weight is 302 g/mol. The number of halogens is 3. The van der Waals surface area contributed by atoms with E-state index in [0.29, 0.717) is 5.92 Å². The molecule has 1 saturated heterocycles. The second-order valence-electron chi connectivity index (χ2n) is 4.93. The number of hydrogen-bond donors (Lipinski definition) is 1.